The van der Waals surface area contributed by atoms with Gasteiger partial charge in [-0.2, -0.15) is 0 Å². The topological polar surface area (TPSA) is 39.1 Å². The van der Waals surface area contributed by atoms with Crippen molar-refractivity contribution in [1.82, 2.24) is 14.9 Å². The van der Waals surface area contributed by atoms with E-state index in [1.165, 1.54) is 12.0 Å². The minimum Gasteiger partial charge on any atom is -0.496 e. The molecule has 0 radical (unpaired) electrons. The number of imidazole rings is 1. The third-order valence-corrected chi connectivity index (χ3v) is 3.22. The molecule has 20 heavy (non-hydrogen) atoms. The van der Waals surface area contributed by atoms with E-state index in [9.17, 15) is 0 Å². The van der Waals surface area contributed by atoms with Crippen LogP contribution in [0, 0.1) is 0 Å². The van der Waals surface area contributed by atoms with Crippen molar-refractivity contribution < 1.29 is 4.74 Å². The lowest BCUT2D eigenvalue weighted by atomic mass is 10.2. The molecule has 0 atom stereocenters. The molecule has 0 aliphatic heterocycles. The highest BCUT2D eigenvalue weighted by Gasteiger charge is 2.04. The summed E-state index contributed by atoms with van der Waals surface area (Å²) in [5.74, 6) is 0.923. The molecular weight excluding hydrogens is 250 g/mol. The van der Waals surface area contributed by atoms with Gasteiger partial charge in [-0.3, -0.25) is 0 Å². The Morgan fingerprint density at radius 3 is 2.90 bits per heavy atom. The molecule has 0 fully saturated rings. The third-order valence-electron chi connectivity index (χ3n) is 3.22. The summed E-state index contributed by atoms with van der Waals surface area (Å²) in [5.41, 5.74) is 2.30. The van der Waals surface area contributed by atoms with Crippen molar-refractivity contribution in [3.8, 4) is 5.75 Å². The molecule has 1 N–H and O–H groups in total. The van der Waals surface area contributed by atoms with Gasteiger partial charge in [-0.15, -0.1) is 0 Å². The summed E-state index contributed by atoms with van der Waals surface area (Å²) in [7, 11) is 1.71. The quantitative estimate of drug-likeness (QED) is 0.751. The van der Waals surface area contributed by atoms with E-state index >= 15 is 0 Å². The van der Waals surface area contributed by atoms with Crippen molar-refractivity contribution in [2.75, 3.05) is 20.2 Å². The Hall–Kier alpha value is -1.81. The number of nitrogens with zero attached hydrogens (tertiary/aromatic N) is 2. The Labute approximate surface area is 120 Å². The Morgan fingerprint density at radius 1 is 1.25 bits per heavy atom. The first-order valence-corrected chi connectivity index (χ1v) is 7.16. The van der Waals surface area contributed by atoms with Crippen LogP contribution in [0.25, 0.3) is 0 Å². The number of para-hydroxylation sites is 1. The van der Waals surface area contributed by atoms with Crippen LogP contribution in [0.2, 0.25) is 0 Å². The standard InChI is InChI=1S/C16H23N3O/c1-3-9-17-10-8-15-12-19(13-18-15)11-14-6-4-5-7-16(14)20-2/h4-7,12-13,17H,3,8-11H2,1-2H3. The van der Waals surface area contributed by atoms with E-state index in [4.69, 9.17) is 4.74 Å². The van der Waals surface area contributed by atoms with Crippen LogP contribution >= 0.6 is 0 Å². The Balaban J connectivity index is 1.92. The summed E-state index contributed by atoms with van der Waals surface area (Å²) in [6.07, 6.45) is 6.14. The van der Waals surface area contributed by atoms with E-state index < -0.39 is 0 Å². The SMILES string of the molecule is CCCNCCc1cn(Cc2ccccc2OC)cn1. The zero-order valence-electron chi connectivity index (χ0n) is 12.3. The second-order valence-corrected chi connectivity index (χ2v) is 4.85. The Kier molecular flexibility index (Phi) is 5.62. The largest absolute Gasteiger partial charge is 0.496 e. The number of benzene rings is 1. The average molecular weight is 273 g/mol. The van der Waals surface area contributed by atoms with Crippen LogP contribution in [0.15, 0.2) is 36.8 Å². The molecule has 2 rings (SSSR count). The fourth-order valence-corrected chi connectivity index (χ4v) is 2.17. The van der Waals surface area contributed by atoms with Gasteiger partial charge in [0.05, 0.1) is 25.7 Å². The molecule has 0 saturated heterocycles. The van der Waals surface area contributed by atoms with Gasteiger partial charge in [0.1, 0.15) is 5.75 Å². The normalized spacial score (nSPS) is 10.7. The number of nitrogens with one attached hydrogen (secondary N) is 1. The van der Waals surface area contributed by atoms with Crippen LogP contribution in [-0.2, 0) is 13.0 Å². The first-order chi connectivity index (χ1) is 9.83. The van der Waals surface area contributed by atoms with Gasteiger partial charge in [-0.05, 0) is 19.0 Å². The second-order valence-electron chi connectivity index (χ2n) is 4.85. The minimum absolute atomic E-state index is 0.791. The molecule has 0 unspecified atom stereocenters. The minimum atomic E-state index is 0.791. The summed E-state index contributed by atoms with van der Waals surface area (Å²) in [6.45, 7) is 5.02. The van der Waals surface area contributed by atoms with Crippen molar-refractivity contribution in [3.63, 3.8) is 0 Å². The summed E-state index contributed by atoms with van der Waals surface area (Å²) < 4.78 is 7.48. The van der Waals surface area contributed by atoms with E-state index in [1.807, 2.05) is 24.5 Å². The molecule has 108 valence electrons. The van der Waals surface area contributed by atoms with Gasteiger partial charge in [0.15, 0.2) is 0 Å². The molecule has 1 aromatic heterocycles. The average Bonchev–Trinajstić information content (AvgIpc) is 2.92. The molecule has 1 aromatic carbocycles. The van der Waals surface area contributed by atoms with Crippen LogP contribution in [0.1, 0.15) is 24.6 Å². The highest BCUT2D eigenvalue weighted by Crippen LogP contribution is 2.18. The summed E-state index contributed by atoms with van der Waals surface area (Å²) in [4.78, 5) is 4.45. The molecular formula is C16H23N3O. The molecule has 4 heteroatoms. The highest BCUT2D eigenvalue weighted by atomic mass is 16.5. The van der Waals surface area contributed by atoms with Gasteiger partial charge in [-0.1, -0.05) is 25.1 Å². The Morgan fingerprint density at radius 2 is 2.10 bits per heavy atom. The van der Waals surface area contributed by atoms with Gasteiger partial charge in [-0.25, -0.2) is 4.98 Å². The number of hydrogen-bond donors (Lipinski definition) is 1. The predicted molar refractivity (Wildman–Crippen MR) is 81.2 cm³/mol. The smallest absolute Gasteiger partial charge is 0.123 e. The third kappa shape index (κ3) is 4.10. The maximum absolute atomic E-state index is 5.37. The lowest BCUT2D eigenvalue weighted by Gasteiger charge is -2.08. The van der Waals surface area contributed by atoms with Crippen LogP contribution in [-0.4, -0.2) is 29.8 Å². The van der Waals surface area contributed by atoms with Crippen molar-refractivity contribution in [3.05, 3.63) is 48.0 Å². The molecule has 0 aliphatic carbocycles. The van der Waals surface area contributed by atoms with Crippen molar-refractivity contribution in [2.24, 2.45) is 0 Å². The molecule has 0 bridgehead atoms. The molecule has 4 nitrogen and oxygen atoms in total. The van der Waals surface area contributed by atoms with Crippen LogP contribution in [0.3, 0.4) is 0 Å². The maximum Gasteiger partial charge on any atom is 0.123 e. The molecule has 2 aromatic rings. The van der Waals surface area contributed by atoms with E-state index in [0.29, 0.717) is 0 Å². The van der Waals surface area contributed by atoms with Crippen molar-refractivity contribution in [2.45, 2.75) is 26.3 Å². The van der Waals surface area contributed by atoms with Crippen molar-refractivity contribution >= 4 is 0 Å². The van der Waals surface area contributed by atoms with Gasteiger partial charge < -0.3 is 14.6 Å². The molecule has 0 aliphatic rings. The fourth-order valence-electron chi connectivity index (χ4n) is 2.17. The summed E-state index contributed by atoms with van der Waals surface area (Å²) >= 11 is 0. The van der Waals surface area contributed by atoms with E-state index in [-0.39, 0.29) is 0 Å². The zero-order valence-corrected chi connectivity index (χ0v) is 12.3. The molecule has 0 saturated carbocycles. The summed E-state index contributed by atoms with van der Waals surface area (Å²) in [6, 6.07) is 8.09. The van der Waals surface area contributed by atoms with Crippen LogP contribution < -0.4 is 10.1 Å². The fraction of sp³-hybridized carbons (Fsp3) is 0.438. The lowest BCUT2D eigenvalue weighted by molar-refractivity contribution is 0.408. The molecule has 0 amide bonds. The lowest BCUT2D eigenvalue weighted by Crippen LogP contribution is -2.17. The van der Waals surface area contributed by atoms with Crippen molar-refractivity contribution in [1.29, 1.82) is 0 Å². The molecule has 0 spiro atoms. The van der Waals surface area contributed by atoms with Crippen LogP contribution in [0.5, 0.6) is 5.75 Å². The van der Waals surface area contributed by atoms with E-state index in [1.54, 1.807) is 7.11 Å². The number of aromatic nitrogens is 2. The highest BCUT2D eigenvalue weighted by molar-refractivity contribution is 5.33. The first-order valence-electron chi connectivity index (χ1n) is 7.16. The number of rotatable bonds is 8. The monoisotopic (exact) mass is 273 g/mol. The maximum atomic E-state index is 5.37. The van der Waals surface area contributed by atoms with E-state index in [0.717, 1.165) is 37.5 Å². The Bertz CT molecular complexity index is 522. The number of ether oxygens (including phenoxy) is 1. The number of hydrogen-bond acceptors (Lipinski definition) is 3. The predicted octanol–water partition coefficient (Wildman–Crippen LogP) is 2.48. The molecule has 1 heterocycles. The first kappa shape index (κ1) is 14.6. The number of methoxy groups -OCH3 is 1. The zero-order chi connectivity index (χ0) is 14.2. The van der Waals surface area contributed by atoms with Gasteiger partial charge in [0.25, 0.3) is 0 Å². The van der Waals surface area contributed by atoms with Crippen LogP contribution in [0.4, 0.5) is 0 Å². The van der Waals surface area contributed by atoms with Gasteiger partial charge in [0, 0.05) is 24.7 Å². The van der Waals surface area contributed by atoms with Gasteiger partial charge in [0.2, 0.25) is 0 Å². The summed E-state index contributed by atoms with van der Waals surface area (Å²) in [5, 5.41) is 3.39. The second kappa shape index (κ2) is 7.70. The van der Waals surface area contributed by atoms with E-state index in [2.05, 4.69) is 34.1 Å². The van der Waals surface area contributed by atoms with Gasteiger partial charge >= 0.3 is 0 Å².